The molecule has 1 aromatic heterocycles. The molecule has 1 fully saturated rings. The monoisotopic (exact) mass is 595 g/mol. The first-order chi connectivity index (χ1) is 21.2. The number of amides is 1. The lowest BCUT2D eigenvalue weighted by Gasteiger charge is -2.29. The van der Waals surface area contributed by atoms with E-state index in [-0.39, 0.29) is 0 Å². The van der Waals surface area contributed by atoms with Crippen molar-refractivity contribution in [1.29, 1.82) is 0 Å². The average Bonchev–Trinajstić information content (AvgIpc) is 3.02. The van der Waals surface area contributed by atoms with Gasteiger partial charge in [-0.3, -0.25) is 5.32 Å². The van der Waals surface area contributed by atoms with E-state index in [1.165, 1.54) is 0 Å². The molecular formula is C35H37N3O6. The van der Waals surface area contributed by atoms with Gasteiger partial charge in [-0.15, -0.1) is 0 Å². The molecule has 0 radical (unpaired) electrons. The number of para-hydroxylation sites is 1. The van der Waals surface area contributed by atoms with Gasteiger partial charge in [0.2, 0.25) is 5.88 Å². The van der Waals surface area contributed by atoms with Gasteiger partial charge in [0, 0.05) is 48.6 Å². The molecule has 0 spiro atoms. The fraction of sp³-hybridized carbons (Fsp3) is 0.314. The van der Waals surface area contributed by atoms with Crippen LogP contribution in [0.3, 0.4) is 0 Å². The summed E-state index contributed by atoms with van der Waals surface area (Å²) in [6.07, 6.45) is 0.176. The van der Waals surface area contributed by atoms with Crippen LogP contribution in [0.15, 0.2) is 72.8 Å². The molecule has 228 valence electrons. The first kappa shape index (κ1) is 29.3. The standard InChI is InChI=1S/C35H37N3O6/c1-35(2,3)44-34(39)36-26-11-10-24-18-25-6-5-7-29(33(25)43-31(24)19-26)30-20-27(38-14-16-41-17-15-38)21-32(37-30)42-22-23-8-12-28(40-4)13-9-23/h5-13,19-21H,14-18,22H2,1-4H3,(H,36,39). The van der Waals surface area contributed by atoms with Crippen molar-refractivity contribution in [3.8, 4) is 34.4 Å². The number of anilines is 2. The first-order valence-corrected chi connectivity index (χ1v) is 14.8. The Hall–Kier alpha value is -4.76. The SMILES string of the molecule is COc1ccc(COc2cc(N3CCOCC3)cc(-c3cccc4c3Oc3cc(NC(=O)OC(C)(C)C)ccc3C4)n2)cc1. The molecule has 0 saturated carbocycles. The number of carbonyl (C=O) groups is 1. The van der Waals surface area contributed by atoms with Gasteiger partial charge in [-0.2, -0.15) is 0 Å². The number of methoxy groups -OCH3 is 1. The van der Waals surface area contributed by atoms with Crippen molar-refractivity contribution < 1.29 is 28.5 Å². The van der Waals surface area contributed by atoms with Gasteiger partial charge in [-0.1, -0.05) is 30.3 Å². The van der Waals surface area contributed by atoms with Crippen LogP contribution in [0.4, 0.5) is 16.2 Å². The van der Waals surface area contributed by atoms with Gasteiger partial charge in [0.1, 0.15) is 29.5 Å². The van der Waals surface area contributed by atoms with Gasteiger partial charge < -0.3 is 28.6 Å². The highest BCUT2D eigenvalue weighted by Crippen LogP contribution is 2.44. The molecule has 0 aliphatic carbocycles. The third-order valence-electron chi connectivity index (χ3n) is 7.39. The summed E-state index contributed by atoms with van der Waals surface area (Å²) in [5.74, 6) is 2.74. The molecule has 9 nitrogen and oxygen atoms in total. The fourth-order valence-corrected chi connectivity index (χ4v) is 5.24. The van der Waals surface area contributed by atoms with E-state index < -0.39 is 11.7 Å². The van der Waals surface area contributed by atoms with Gasteiger partial charge in [-0.05, 0) is 67.8 Å². The molecule has 44 heavy (non-hydrogen) atoms. The van der Waals surface area contributed by atoms with E-state index in [4.69, 9.17) is 28.7 Å². The summed E-state index contributed by atoms with van der Waals surface area (Å²) in [6.45, 7) is 8.76. The summed E-state index contributed by atoms with van der Waals surface area (Å²) >= 11 is 0. The van der Waals surface area contributed by atoms with Gasteiger partial charge in [-0.25, -0.2) is 9.78 Å². The lowest BCUT2D eigenvalue weighted by Crippen LogP contribution is -2.36. The predicted molar refractivity (Wildman–Crippen MR) is 169 cm³/mol. The number of hydrogen-bond acceptors (Lipinski definition) is 8. The molecule has 1 saturated heterocycles. The van der Waals surface area contributed by atoms with Gasteiger partial charge in [0.05, 0.1) is 26.0 Å². The van der Waals surface area contributed by atoms with E-state index in [2.05, 4.69) is 22.3 Å². The number of pyridine rings is 1. The second-order valence-corrected chi connectivity index (χ2v) is 11.8. The van der Waals surface area contributed by atoms with Crippen LogP contribution in [0.1, 0.15) is 37.5 Å². The second kappa shape index (κ2) is 12.5. The van der Waals surface area contributed by atoms with Crippen molar-refractivity contribution in [3.05, 3.63) is 89.5 Å². The van der Waals surface area contributed by atoms with Crippen molar-refractivity contribution in [2.24, 2.45) is 0 Å². The second-order valence-electron chi connectivity index (χ2n) is 11.8. The quantitative estimate of drug-likeness (QED) is 0.211. The molecule has 3 aromatic carbocycles. The Morgan fingerprint density at radius 3 is 2.52 bits per heavy atom. The van der Waals surface area contributed by atoms with E-state index in [0.717, 1.165) is 58.2 Å². The van der Waals surface area contributed by atoms with Crippen LogP contribution in [-0.4, -0.2) is 50.1 Å². The molecule has 4 aromatic rings. The summed E-state index contributed by atoms with van der Waals surface area (Å²) in [4.78, 5) is 19.6. The number of hydrogen-bond donors (Lipinski definition) is 1. The summed E-state index contributed by atoms with van der Waals surface area (Å²) in [5, 5.41) is 2.81. The van der Waals surface area contributed by atoms with Gasteiger partial charge >= 0.3 is 6.09 Å². The summed E-state index contributed by atoms with van der Waals surface area (Å²) < 4.78 is 29.1. The Bertz CT molecular complexity index is 1640. The van der Waals surface area contributed by atoms with Crippen molar-refractivity contribution in [1.82, 2.24) is 4.98 Å². The number of carbonyl (C=O) groups excluding carboxylic acids is 1. The molecule has 1 amide bonds. The van der Waals surface area contributed by atoms with Gasteiger partial charge in [0.25, 0.3) is 0 Å². The zero-order valence-electron chi connectivity index (χ0n) is 25.5. The minimum Gasteiger partial charge on any atom is -0.497 e. The maximum absolute atomic E-state index is 12.4. The maximum Gasteiger partial charge on any atom is 0.412 e. The van der Waals surface area contributed by atoms with Crippen LogP contribution in [0.2, 0.25) is 0 Å². The lowest BCUT2D eigenvalue weighted by molar-refractivity contribution is 0.0636. The third kappa shape index (κ3) is 6.89. The molecule has 9 heteroatoms. The number of aromatic nitrogens is 1. The molecule has 2 aliphatic rings. The van der Waals surface area contributed by atoms with Crippen LogP contribution in [0.5, 0.6) is 23.1 Å². The molecule has 3 heterocycles. The van der Waals surface area contributed by atoms with Crippen LogP contribution in [-0.2, 0) is 22.5 Å². The highest BCUT2D eigenvalue weighted by molar-refractivity contribution is 5.85. The topological polar surface area (TPSA) is 91.4 Å². The summed E-state index contributed by atoms with van der Waals surface area (Å²) in [7, 11) is 1.65. The van der Waals surface area contributed by atoms with Crippen LogP contribution >= 0.6 is 0 Å². The number of ether oxygens (including phenoxy) is 5. The third-order valence-corrected chi connectivity index (χ3v) is 7.39. The molecule has 1 N–H and O–H groups in total. The Balaban J connectivity index is 1.30. The molecule has 2 aliphatic heterocycles. The minimum atomic E-state index is -0.595. The maximum atomic E-state index is 12.4. The zero-order valence-corrected chi connectivity index (χ0v) is 25.5. The van der Waals surface area contributed by atoms with Crippen LogP contribution in [0, 0.1) is 0 Å². The molecule has 0 bridgehead atoms. The number of morpholine rings is 1. The van der Waals surface area contributed by atoms with Crippen LogP contribution < -0.4 is 24.4 Å². The van der Waals surface area contributed by atoms with E-state index in [9.17, 15) is 4.79 Å². The number of fused-ring (bicyclic) bond motifs is 2. The van der Waals surface area contributed by atoms with Crippen molar-refractivity contribution in [2.75, 3.05) is 43.6 Å². The van der Waals surface area contributed by atoms with Crippen molar-refractivity contribution in [2.45, 2.75) is 39.4 Å². The fourth-order valence-electron chi connectivity index (χ4n) is 5.24. The number of rotatable bonds is 7. The Morgan fingerprint density at radius 1 is 0.977 bits per heavy atom. The van der Waals surface area contributed by atoms with E-state index in [1.54, 1.807) is 7.11 Å². The highest BCUT2D eigenvalue weighted by Gasteiger charge is 2.24. The zero-order chi connectivity index (χ0) is 30.7. The van der Waals surface area contributed by atoms with E-state index in [1.807, 2.05) is 81.4 Å². The average molecular weight is 596 g/mol. The van der Waals surface area contributed by atoms with E-state index in [0.29, 0.717) is 43.6 Å². The predicted octanol–water partition coefficient (Wildman–Crippen LogP) is 7.22. The van der Waals surface area contributed by atoms with Crippen LogP contribution in [0.25, 0.3) is 11.3 Å². The molecule has 0 atom stereocenters. The van der Waals surface area contributed by atoms with Crippen molar-refractivity contribution >= 4 is 17.5 Å². The van der Waals surface area contributed by atoms with Gasteiger partial charge in [0.15, 0.2) is 0 Å². The normalized spacial score (nSPS) is 14.1. The summed E-state index contributed by atoms with van der Waals surface area (Å²) in [6, 6.07) is 23.7. The molecular weight excluding hydrogens is 558 g/mol. The Morgan fingerprint density at radius 2 is 1.77 bits per heavy atom. The van der Waals surface area contributed by atoms with E-state index >= 15 is 0 Å². The first-order valence-electron chi connectivity index (χ1n) is 14.8. The number of nitrogens with zero attached hydrogens (tertiary/aromatic N) is 2. The lowest BCUT2D eigenvalue weighted by atomic mass is 9.96. The molecule has 6 rings (SSSR count). The molecule has 0 unspecified atom stereocenters. The smallest absolute Gasteiger partial charge is 0.412 e. The Kier molecular flexibility index (Phi) is 8.30. The Labute approximate surface area is 257 Å². The number of nitrogens with one attached hydrogen (secondary N) is 1. The highest BCUT2D eigenvalue weighted by atomic mass is 16.6. The number of benzene rings is 3. The minimum absolute atomic E-state index is 0.368. The largest absolute Gasteiger partial charge is 0.497 e. The van der Waals surface area contributed by atoms with Crippen molar-refractivity contribution in [3.63, 3.8) is 0 Å². The summed E-state index contributed by atoms with van der Waals surface area (Å²) in [5.41, 5.74) is 5.73.